The van der Waals surface area contributed by atoms with Crippen LogP contribution in [0.15, 0.2) is 36.4 Å². The Morgan fingerprint density at radius 1 is 1.20 bits per heavy atom. The van der Waals surface area contributed by atoms with E-state index in [9.17, 15) is 9.18 Å². The van der Waals surface area contributed by atoms with Gasteiger partial charge < -0.3 is 9.84 Å². The van der Waals surface area contributed by atoms with Crippen LogP contribution in [0.2, 0.25) is 10.0 Å². The number of aromatic carboxylic acids is 1. The number of carboxylic acids is 1. The Morgan fingerprint density at radius 3 is 2.60 bits per heavy atom. The Bertz CT molecular complexity index is 659. The van der Waals surface area contributed by atoms with Gasteiger partial charge in [-0.2, -0.15) is 0 Å². The topological polar surface area (TPSA) is 46.5 Å². The van der Waals surface area contributed by atoms with Gasteiger partial charge in [-0.05, 0) is 36.4 Å². The van der Waals surface area contributed by atoms with Crippen LogP contribution in [0.5, 0.6) is 5.75 Å². The molecule has 0 radical (unpaired) electrons. The summed E-state index contributed by atoms with van der Waals surface area (Å²) < 4.78 is 18.6. The van der Waals surface area contributed by atoms with Gasteiger partial charge in [0, 0.05) is 10.6 Å². The van der Waals surface area contributed by atoms with Crippen LogP contribution in [-0.2, 0) is 6.61 Å². The molecular weight excluding hydrogens is 306 g/mol. The molecule has 104 valence electrons. The number of hydrogen-bond donors (Lipinski definition) is 1. The summed E-state index contributed by atoms with van der Waals surface area (Å²) in [6.45, 7) is -0.110. The van der Waals surface area contributed by atoms with E-state index in [1.165, 1.54) is 12.1 Å². The van der Waals surface area contributed by atoms with Crippen molar-refractivity contribution in [3.8, 4) is 5.75 Å². The van der Waals surface area contributed by atoms with Gasteiger partial charge in [-0.15, -0.1) is 0 Å². The highest BCUT2D eigenvalue weighted by atomic mass is 35.5. The molecule has 0 atom stereocenters. The number of rotatable bonds is 4. The summed E-state index contributed by atoms with van der Waals surface area (Å²) in [5, 5.41) is 9.78. The molecule has 20 heavy (non-hydrogen) atoms. The molecule has 0 spiro atoms. The van der Waals surface area contributed by atoms with Gasteiger partial charge in [0.1, 0.15) is 18.2 Å². The van der Waals surface area contributed by atoms with Crippen LogP contribution in [0.1, 0.15) is 15.9 Å². The molecule has 0 unspecified atom stereocenters. The first kappa shape index (κ1) is 14.6. The van der Waals surface area contributed by atoms with E-state index >= 15 is 0 Å². The Morgan fingerprint density at radius 2 is 1.95 bits per heavy atom. The first-order valence-electron chi connectivity index (χ1n) is 5.57. The number of hydrogen-bond acceptors (Lipinski definition) is 2. The average molecular weight is 315 g/mol. The lowest BCUT2D eigenvalue weighted by Gasteiger charge is -2.10. The van der Waals surface area contributed by atoms with E-state index in [-0.39, 0.29) is 17.7 Å². The molecule has 0 aliphatic heterocycles. The molecule has 0 aromatic heterocycles. The van der Waals surface area contributed by atoms with Crippen molar-refractivity contribution >= 4 is 29.2 Å². The van der Waals surface area contributed by atoms with Gasteiger partial charge in [0.05, 0.1) is 10.6 Å². The van der Waals surface area contributed by atoms with Crippen molar-refractivity contribution in [2.75, 3.05) is 0 Å². The minimum atomic E-state index is -1.15. The zero-order valence-electron chi connectivity index (χ0n) is 10.1. The fourth-order valence-corrected chi connectivity index (χ4v) is 2.10. The second kappa shape index (κ2) is 6.11. The summed E-state index contributed by atoms with van der Waals surface area (Å²) in [5.41, 5.74) is 0.208. The molecular formula is C14H9Cl2FO3. The number of ether oxygens (including phenoxy) is 1. The fraction of sp³-hybridized carbons (Fsp3) is 0.0714. The number of carbonyl (C=O) groups is 1. The monoisotopic (exact) mass is 314 g/mol. The van der Waals surface area contributed by atoms with Crippen LogP contribution in [0.25, 0.3) is 0 Å². The first-order valence-corrected chi connectivity index (χ1v) is 6.32. The minimum Gasteiger partial charge on any atom is -0.487 e. The summed E-state index contributed by atoms with van der Waals surface area (Å²) in [7, 11) is 0. The maximum atomic E-state index is 13.2. The summed E-state index contributed by atoms with van der Waals surface area (Å²) in [5.74, 6) is -1.33. The predicted molar refractivity (Wildman–Crippen MR) is 74.2 cm³/mol. The van der Waals surface area contributed by atoms with Crippen LogP contribution in [-0.4, -0.2) is 11.1 Å². The SMILES string of the molecule is O=C(O)c1ccc(F)cc1COc1ccc(Cl)cc1Cl. The van der Waals surface area contributed by atoms with E-state index in [1.807, 2.05) is 0 Å². The lowest BCUT2D eigenvalue weighted by atomic mass is 10.1. The predicted octanol–water partition coefficient (Wildman–Crippen LogP) is 4.41. The Kier molecular flexibility index (Phi) is 4.47. The van der Waals surface area contributed by atoms with Crippen molar-refractivity contribution < 1.29 is 19.0 Å². The fourth-order valence-electron chi connectivity index (χ4n) is 1.64. The van der Waals surface area contributed by atoms with Crippen LogP contribution in [0.4, 0.5) is 4.39 Å². The smallest absolute Gasteiger partial charge is 0.336 e. The normalized spacial score (nSPS) is 10.3. The largest absolute Gasteiger partial charge is 0.487 e. The van der Waals surface area contributed by atoms with E-state index in [0.717, 1.165) is 12.1 Å². The Balaban J connectivity index is 2.22. The van der Waals surface area contributed by atoms with Crippen LogP contribution < -0.4 is 4.74 Å². The third-order valence-electron chi connectivity index (χ3n) is 2.57. The lowest BCUT2D eigenvalue weighted by Crippen LogP contribution is -2.06. The quantitative estimate of drug-likeness (QED) is 0.909. The van der Waals surface area contributed by atoms with E-state index in [4.69, 9.17) is 33.0 Å². The van der Waals surface area contributed by atoms with E-state index < -0.39 is 11.8 Å². The molecule has 0 fully saturated rings. The molecule has 2 aromatic carbocycles. The van der Waals surface area contributed by atoms with Gasteiger partial charge in [0.25, 0.3) is 0 Å². The average Bonchev–Trinajstić information content (AvgIpc) is 2.37. The standard InChI is InChI=1S/C14H9Cl2FO3/c15-9-1-4-13(12(16)6-9)20-7-8-5-10(17)2-3-11(8)14(18)19/h1-6H,7H2,(H,18,19). The van der Waals surface area contributed by atoms with Crippen molar-refractivity contribution in [2.45, 2.75) is 6.61 Å². The van der Waals surface area contributed by atoms with Gasteiger partial charge >= 0.3 is 5.97 Å². The third-order valence-corrected chi connectivity index (χ3v) is 3.11. The number of halogens is 3. The molecule has 0 saturated heterocycles. The molecule has 0 aliphatic rings. The highest BCUT2D eigenvalue weighted by Gasteiger charge is 2.12. The van der Waals surface area contributed by atoms with Crippen molar-refractivity contribution in [1.29, 1.82) is 0 Å². The van der Waals surface area contributed by atoms with Crippen molar-refractivity contribution in [3.63, 3.8) is 0 Å². The van der Waals surface area contributed by atoms with Gasteiger partial charge in [-0.3, -0.25) is 0 Å². The Hall–Kier alpha value is -1.78. The summed E-state index contributed by atoms with van der Waals surface area (Å²) in [6.07, 6.45) is 0. The molecule has 0 bridgehead atoms. The van der Waals surface area contributed by atoms with Gasteiger partial charge in [0.2, 0.25) is 0 Å². The van der Waals surface area contributed by atoms with Crippen LogP contribution in [0.3, 0.4) is 0 Å². The molecule has 0 heterocycles. The minimum absolute atomic E-state index is 0.0171. The molecule has 3 nitrogen and oxygen atoms in total. The van der Waals surface area contributed by atoms with Crippen molar-refractivity contribution in [3.05, 3.63) is 63.4 Å². The molecule has 1 N–H and O–H groups in total. The zero-order chi connectivity index (χ0) is 14.7. The maximum absolute atomic E-state index is 13.2. The lowest BCUT2D eigenvalue weighted by molar-refractivity contribution is 0.0694. The highest BCUT2D eigenvalue weighted by Crippen LogP contribution is 2.28. The highest BCUT2D eigenvalue weighted by molar-refractivity contribution is 6.35. The summed E-state index contributed by atoms with van der Waals surface area (Å²) in [6, 6.07) is 8.05. The molecule has 0 amide bonds. The molecule has 2 rings (SSSR count). The van der Waals surface area contributed by atoms with Gasteiger partial charge in [-0.1, -0.05) is 23.2 Å². The van der Waals surface area contributed by atoms with Crippen molar-refractivity contribution in [2.24, 2.45) is 0 Å². The Labute approximate surface area is 124 Å². The summed E-state index contributed by atoms with van der Waals surface area (Å²) in [4.78, 5) is 11.0. The van der Waals surface area contributed by atoms with E-state index in [0.29, 0.717) is 15.8 Å². The van der Waals surface area contributed by atoms with E-state index in [1.54, 1.807) is 12.1 Å². The number of benzene rings is 2. The maximum Gasteiger partial charge on any atom is 0.336 e. The molecule has 0 saturated carbocycles. The van der Waals surface area contributed by atoms with Crippen LogP contribution >= 0.6 is 23.2 Å². The van der Waals surface area contributed by atoms with E-state index in [2.05, 4.69) is 0 Å². The first-order chi connectivity index (χ1) is 9.47. The van der Waals surface area contributed by atoms with Crippen molar-refractivity contribution in [1.82, 2.24) is 0 Å². The second-order valence-corrected chi connectivity index (χ2v) is 4.81. The third kappa shape index (κ3) is 3.40. The molecule has 0 aliphatic carbocycles. The zero-order valence-corrected chi connectivity index (χ0v) is 11.6. The molecule has 6 heteroatoms. The molecule has 2 aromatic rings. The summed E-state index contributed by atoms with van der Waals surface area (Å²) >= 11 is 11.7. The second-order valence-electron chi connectivity index (χ2n) is 3.97. The van der Waals surface area contributed by atoms with Gasteiger partial charge in [-0.25, -0.2) is 9.18 Å². The van der Waals surface area contributed by atoms with Gasteiger partial charge in [0.15, 0.2) is 0 Å². The van der Waals surface area contributed by atoms with Crippen LogP contribution in [0, 0.1) is 5.82 Å². The number of carboxylic acid groups (broad SMARTS) is 1.